The van der Waals surface area contributed by atoms with Gasteiger partial charge in [-0.1, -0.05) is 41.3 Å². The molecular formula is C29H25Br2N3O4. The van der Waals surface area contributed by atoms with Crippen LogP contribution < -0.4 is 19.8 Å². The van der Waals surface area contributed by atoms with Gasteiger partial charge >= 0.3 is 0 Å². The van der Waals surface area contributed by atoms with E-state index in [2.05, 4.69) is 37.0 Å². The number of benzene rings is 3. The monoisotopic (exact) mass is 637 g/mol. The summed E-state index contributed by atoms with van der Waals surface area (Å²) < 4.78 is 20.0. The van der Waals surface area contributed by atoms with Crippen LogP contribution in [-0.4, -0.2) is 22.7 Å². The molecule has 6 rings (SSSR count). The Hall–Kier alpha value is -3.17. The third-order valence-electron chi connectivity index (χ3n) is 6.91. The fourth-order valence-corrected chi connectivity index (χ4v) is 5.81. The van der Waals surface area contributed by atoms with Gasteiger partial charge in [-0.2, -0.15) is 9.78 Å². The van der Waals surface area contributed by atoms with Crippen LogP contribution in [0.15, 0.2) is 73.4 Å². The summed E-state index contributed by atoms with van der Waals surface area (Å²) in [6.07, 6.45) is 7.25. The standard InChI is InChI=1S/C29H25Br2N3O4/c30-21-8-9-24-22(14-21)29(35)34(28(33-24)20-4-2-1-3-5-20)32-15-18-6-10-25(23(31)12-18)36-16-19-7-11-26-27(13-19)38-17-37-26/h6-15,20H,1-5,16-17H2. The predicted molar refractivity (Wildman–Crippen MR) is 154 cm³/mol. The molecule has 0 amide bonds. The number of halogens is 2. The Bertz CT molecular complexity index is 1600. The Labute approximate surface area is 236 Å². The molecule has 9 heteroatoms. The molecule has 0 unspecified atom stereocenters. The van der Waals surface area contributed by atoms with E-state index < -0.39 is 0 Å². The van der Waals surface area contributed by atoms with Gasteiger partial charge in [-0.3, -0.25) is 4.79 Å². The number of hydrogen-bond acceptors (Lipinski definition) is 6. The lowest BCUT2D eigenvalue weighted by molar-refractivity contribution is 0.174. The van der Waals surface area contributed by atoms with Gasteiger partial charge in [0.25, 0.3) is 5.56 Å². The van der Waals surface area contributed by atoms with Crippen molar-refractivity contribution in [1.29, 1.82) is 0 Å². The molecule has 4 aromatic rings. The molecule has 0 N–H and O–H groups in total. The van der Waals surface area contributed by atoms with E-state index in [9.17, 15) is 4.79 Å². The first-order valence-electron chi connectivity index (χ1n) is 12.6. The maximum atomic E-state index is 13.5. The minimum Gasteiger partial charge on any atom is -0.488 e. The zero-order valence-corrected chi connectivity index (χ0v) is 23.7. The normalized spacial score (nSPS) is 15.4. The van der Waals surface area contributed by atoms with Crippen LogP contribution in [0.2, 0.25) is 0 Å². The molecule has 1 saturated carbocycles. The summed E-state index contributed by atoms with van der Waals surface area (Å²) in [4.78, 5) is 18.4. The van der Waals surface area contributed by atoms with Crippen molar-refractivity contribution in [3.8, 4) is 17.2 Å². The lowest BCUT2D eigenvalue weighted by Crippen LogP contribution is -2.25. The first-order valence-corrected chi connectivity index (χ1v) is 14.2. The lowest BCUT2D eigenvalue weighted by atomic mass is 9.88. The van der Waals surface area contributed by atoms with Gasteiger partial charge in [0.2, 0.25) is 6.79 Å². The quantitative estimate of drug-likeness (QED) is 0.210. The van der Waals surface area contributed by atoms with Gasteiger partial charge in [0.15, 0.2) is 11.5 Å². The van der Waals surface area contributed by atoms with Gasteiger partial charge in [-0.15, -0.1) is 0 Å². The molecule has 0 spiro atoms. The van der Waals surface area contributed by atoms with E-state index in [1.807, 2.05) is 54.6 Å². The second kappa shape index (κ2) is 10.9. The fraction of sp³-hybridized carbons (Fsp3) is 0.276. The molecule has 1 aliphatic carbocycles. The molecule has 2 aliphatic rings. The maximum absolute atomic E-state index is 13.5. The number of aromatic nitrogens is 2. The third kappa shape index (κ3) is 5.22. The van der Waals surface area contributed by atoms with Crippen LogP contribution in [0, 0.1) is 0 Å². The molecule has 7 nitrogen and oxygen atoms in total. The minimum absolute atomic E-state index is 0.157. The van der Waals surface area contributed by atoms with Gasteiger partial charge in [-0.05, 0) is 88.4 Å². The van der Waals surface area contributed by atoms with Crippen LogP contribution >= 0.6 is 31.9 Å². The van der Waals surface area contributed by atoms with Gasteiger partial charge in [0, 0.05) is 10.4 Å². The van der Waals surface area contributed by atoms with Crippen molar-refractivity contribution in [2.24, 2.45) is 5.10 Å². The molecule has 1 aliphatic heterocycles. The van der Waals surface area contributed by atoms with E-state index >= 15 is 0 Å². The van der Waals surface area contributed by atoms with E-state index in [1.165, 1.54) is 11.1 Å². The summed E-state index contributed by atoms with van der Waals surface area (Å²) in [5.74, 6) is 3.15. The predicted octanol–water partition coefficient (Wildman–Crippen LogP) is 7.16. The molecular weight excluding hydrogens is 614 g/mol. The smallest absolute Gasteiger partial charge is 0.282 e. The highest BCUT2D eigenvalue weighted by molar-refractivity contribution is 9.10. The summed E-state index contributed by atoms with van der Waals surface area (Å²) in [5.41, 5.74) is 2.37. The van der Waals surface area contributed by atoms with Crippen LogP contribution in [0.5, 0.6) is 17.2 Å². The highest BCUT2D eigenvalue weighted by Gasteiger charge is 2.22. The Morgan fingerprint density at radius 1 is 1.00 bits per heavy atom. The van der Waals surface area contributed by atoms with Crippen LogP contribution in [0.1, 0.15) is 55.0 Å². The molecule has 194 valence electrons. The highest BCUT2D eigenvalue weighted by atomic mass is 79.9. The Morgan fingerprint density at radius 3 is 2.68 bits per heavy atom. The first-order chi connectivity index (χ1) is 18.5. The van der Waals surface area contributed by atoms with Gasteiger partial charge in [-0.25, -0.2) is 4.98 Å². The Morgan fingerprint density at radius 2 is 1.84 bits per heavy atom. The highest BCUT2D eigenvalue weighted by Crippen LogP contribution is 2.34. The van der Waals surface area contributed by atoms with Crippen molar-refractivity contribution in [2.75, 3.05) is 6.79 Å². The Balaban J connectivity index is 1.26. The molecule has 38 heavy (non-hydrogen) atoms. The number of hydrogen-bond donors (Lipinski definition) is 0. The van der Waals surface area contributed by atoms with Crippen molar-refractivity contribution >= 4 is 49.0 Å². The van der Waals surface area contributed by atoms with Gasteiger partial charge in [0.05, 0.1) is 21.6 Å². The SMILES string of the molecule is O=c1c2cc(Br)ccc2nc(C2CCCCC2)n1N=Cc1ccc(OCc2ccc3c(c2)OCO3)c(Br)c1. The lowest BCUT2D eigenvalue weighted by Gasteiger charge is -2.22. The minimum atomic E-state index is -0.157. The number of ether oxygens (including phenoxy) is 3. The summed E-state index contributed by atoms with van der Waals surface area (Å²) in [7, 11) is 0. The molecule has 0 saturated heterocycles. The number of nitrogens with zero attached hydrogens (tertiary/aromatic N) is 3. The van der Waals surface area contributed by atoms with Crippen LogP contribution in [0.4, 0.5) is 0 Å². The van der Waals surface area contributed by atoms with Gasteiger partial charge < -0.3 is 14.2 Å². The van der Waals surface area contributed by atoms with Crippen molar-refractivity contribution in [3.05, 3.63) is 90.8 Å². The van der Waals surface area contributed by atoms with Gasteiger partial charge in [0.1, 0.15) is 18.2 Å². The van der Waals surface area contributed by atoms with Crippen molar-refractivity contribution in [3.63, 3.8) is 0 Å². The molecule has 1 fully saturated rings. The third-order valence-corrected chi connectivity index (χ3v) is 8.03. The van der Waals surface area contributed by atoms with Crippen LogP contribution in [0.25, 0.3) is 10.9 Å². The Kier molecular flexibility index (Phi) is 7.21. The second-order valence-corrected chi connectivity index (χ2v) is 11.3. The van der Waals surface area contributed by atoms with E-state index in [-0.39, 0.29) is 18.3 Å². The second-order valence-electron chi connectivity index (χ2n) is 9.49. The molecule has 0 radical (unpaired) electrons. The van der Waals surface area contributed by atoms with Crippen LogP contribution in [0.3, 0.4) is 0 Å². The topological polar surface area (TPSA) is 74.9 Å². The van der Waals surface area contributed by atoms with E-state index in [0.29, 0.717) is 23.3 Å². The number of rotatable bonds is 6. The average Bonchev–Trinajstić information content (AvgIpc) is 3.41. The van der Waals surface area contributed by atoms with Crippen molar-refractivity contribution < 1.29 is 14.2 Å². The summed E-state index contributed by atoms with van der Waals surface area (Å²) in [5, 5.41) is 5.19. The molecule has 1 aromatic heterocycles. The van der Waals surface area contributed by atoms with Crippen molar-refractivity contribution in [2.45, 2.75) is 44.6 Å². The molecule has 0 atom stereocenters. The molecule has 0 bridgehead atoms. The van der Waals surface area contributed by atoms with E-state index in [0.717, 1.165) is 63.1 Å². The summed E-state index contributed by atoms with van der Waals surface area (Å²) >= 11 is 7.09. The van der Waals surface area contributed by atoms with E-state index in [4.69, 9.17) is 19.2 Å². The summed E-state index contributed by atoms with van der Waals surface area (Å²) in [6.45, 7) is 0.635. The summed E-state index contributed by atoms with van der Waals surface area (Å²) in [6, 6.07) is 17.1. The van der Waals surface area contributed by atoms with Crippen molar-refractivity contribution in [1.82, 2.24) is 9.66 Å². The van der Waals surface area contributed by atoms with E-state index in [1.54, 1.807) is 6.21 Å². The molecule has 3 aromatic carbocycles. The largest absolute Gasteiger partial charge is 0.488 e. The number of fused-ring (bicyclic) bond motifs is 2. The molecule has 2 heterocycles. The zero-order chi connectivity index (χ0) is 26.1. The maximum Gasteiger partial charge on any atom is 0.282 e. The first kappa shape index (κ1) is 25.1. The fourth-order valence-electron chi connectivity index (χ4n) is 4.93. The zero-order valence-electron chi connectivity index (χ0n) is 20.5. The van der Waals surface area contributed by atoms with Crippen LogP contribution in [-0.2, 0) is 6.61 Å². The average molecular weight is 639 g/mol.